The van der Waals surface area contributed by atoms with E-state index in [4.69, 9.17) is 4.42 Å². The van der Waals surface area contributed by atoms with Crippen molar-refractivity contribution in [1.29, 1.82) is 0 Å². The summed E-state index contributed by atoms with van der Waals surface area (Å²) in [4.78, 5) is 16.2. The molecule has 0 atom stereocenters. The van der Waals surface area contributed by atoms with Gasteiger partial charge in [0.15, 0.2) is 23.4 Å². The SMILES string of the molecule is CCNC(=NCC(=O)Nc1ccc(F)c(F)c1F)NCc1oc2ccccc2c1C.I. The Morgan fingerprint density at radius 1 is 1.06 bits per heavy atom. The molecule has 31 heavy (non-hydrogen) atoms. The Morgan fingerprint density at radius 2 is 1.81 bits per heavy atom. The number of para-hydroxylation sites is 1. The fraction of sp³-hybridized carbons (Fsp3) is 0.238. The molecule has 10 heteroatoms. The van der Waals surface area contributed by atoms with Gasteiger partial charge >= 0.3 is 0 Å². The van der Waals surface area contributed by atoms with Crippen LogP contribution < -0.4 is 16.0 Å². The van der Waals surface area contributed by atoms with Gasteiger partial charge in [-0.25, -0.2) is 18.2 Å². The summed E-state index contributed by atoms with van der Waals surface area (Å²) in [5, 5.41) is 9.25. The Balaban J connectivity index is 0.00000341. The second-order valence-corrected chi connectivity index (χ2v) is 6.47. The number of nitrogens with zero attached hydrogens (tertiary/aromatic N) is 1. The summed E-state index contributed by atoms with van der Waals surface area (Å²) in [5.41, 5.74) is 1.33. The molecule has 1 aromatic heterocycles. The highest BCUT2D eigenvalue weighted by Crippen LogP contribution is 2.24. The van der Waals surface area contributed by atoms with Crippen molar-refractivity contribution < 1.29 is 22.4 Å². The van der Waals surface area contributed by atoms with Gasteiger partial charge in [-0.05, 0) is 32.0 Å². The lowest BCUT2D eigenvalue weighted by Crippen LogP contribution is -2.37. The molecule has 0 aliphatic carbocycles. The number of guanidine groups is 1. The maximum atomic E-state index is 13.7. The molecule has 0 saturated carbocycles. The summed E-state index contributed by atoms with van der Waals surface area (Å²) < 4.78 is 45.8. The van der Waals surface area contributed by atoms with Gasteiger partial charge in [0.25, 0.3) is 0 Å². The Morgan fingerprint density at radius 3 is 2.52 bits per heavy atom. The summed E-state index contributed by atoms with van der Waals surface area (Å²) in [6.45, 7) is 4.35. The van der Waals surface area contributed by atoms with Crippen molar-refractivity contribution in [2.24, 2.45) is 4.99 Å². The molecular weight excluding hydrogens is 524 g/mol. The standard InChI is InChI=1S/C21H21F3N4O2.HI/c1-3-25-21(26-10-17-12(2)13-6-4-5-7-16(13)30-17)27-11-18(29)28-15-9-8-14(22)19(23)20(15)24;/h4-9H,3,10-11H2,1-2H3,(H,28,29)(H2,25,26,27);1H. The molecule has 0 bridgehead atoms. The van der Waals surface area contributed by atoms with E-state index in [1.807, 2.05) is 38.1 Å². The number of carbonyl (C=O) groups is 1. The maximum Gasteiger partial charge on any atom is 0.246 e. The second-order valence-electron chi connectivity index (χ2n) is 6.47. The van der Waals surface area contributed by atoms with Crippen molar-refractivity contribution in [2.75, 3.05) is 18.4 Å². The lowest BCUT2D eigenvalue weighted by Gasteiger charge is -2.11. The van der Waals surface area contributed by atoms with Crippen LogP contribution in [0, 0.1) is 24.4 Å². The third-order valence-corrected chi connectivity index (χ3v) is 4.39. The number of benzene rings is 2. The predicted molar refractivity (Wildman–Crippen MR) is 124 cm³/mol. The van der Waals surface area contributed by atoms with E-state index in [9.17, 15) is 18.0 Å². The van der Waals surface area contributed by atoms with Gasteiger partial charge in [0.2, 0.25) is 5.91 Å². The average Bonchev–Trinajstić information content (AvgIpc) is 3.06. The van der Waals surface area contributed by atoms with Crippen molar-refractivity contribution in [1.82, 2.24) is 10.6 Å². The molecule has 2 aromatic carbocycles. The number of halogens is 4. The van der Waals surface area contributed by atoms with E-state index >= 15 is 0 Å². The fourth-order valence-electron chi connectivity index (χ4n) is 2.86. The Hall–Kier alpha value is -2.76. The third-order valence-electron chi connectivity index (χ3n) is 4.39. The lowest BCUT2D eigenvalue weighted by molar-refractivity contribution is -0.114. The number of amides is 1. The number of aliphatic imine (C=N–C) groups is 1. The first-order chi connectivity index (χ1) is 14.4. The molecule has 1 amide bonds. The van der Waals surface area contributed by atoms with Crippen molar-refractivity contribution in [3.63, 3.8) is 0 Å². The van der Waals surface area contributed by atoms with Crippen LogP contribution in [0.2, 0.25) is 0 Å². The number of nitrogens with one attached hydrogen (secondary N) is 3. The molecule has 166 valence electrons. The molecule has 0 unspecified atom stereocenters. The van der Waals surface area contributed by atoms with Crippen LogP contribution in [0.5, 0.6) is 0 Å². The van der Waals surface area contributed by atoms with Crippen LogP contribution in [-0.4, -0.2) is 25.0 Å². The molecule has 3 N–H and O–H groups in total. The molecule has 1 heterocycles. The average molecular weight is 546 g/mol. The molecule has 0 fully saturated rings. The maximum absolute atomic E-state index is 13.7. The molecule has 0 saturated heterocycles. The van der Waals surface area contributed by atoms with Gasteiger partial charge < -0.3 is 20.4 Å². The first kappa shape index (κ1) is 24.5. The highest BCUT2D eigenvalue weighted by molar-refractivity contribution is 14.0. The van der Waals surface area contributed by atoms with Crippen LogP contribution in [0.25, 0.3) is 11.0 Å². The van der Waals surface area contributed by atoms with Crippen molar-refractivity contribution in [3.8, 4) is 0 Å². The van der Waals surface area contributed by atoms with E-state index in [1.54, 1.807) is 0 Å². The minimum absolute atomic E-state index is 0. The zero-order valence-corrected chi connectivity index (χ0v) is 19.2. The number of rotatable bonds is 6. The minimum Gasteiger partial charge on any atom is -0.459 e. The molecule has 0 radical (unpaired) electrons. The van der Waals surface area contributed by atoms with Crippen molar-refractivity contribution >= 4 is 52.5 Å². The summed E-state index contributed by atoms with van der Waals surface area (Å²) in [6, 6.07) is 9.36. The number of fused-ring (bicyclic) bond motifs is 1. The predicted octanol–water partition coefficient (Wildman–Crippen LogP) is 4.47. The second kappa shape index (κ2) is 11.0. The Labute approximate surface area is 194 Å². The van der Waals surface area contributed by atoms with Gasteiger partial charge in [0, 0.05) is 17.5 Å². The zero-order valence-electron chi connectivity index (χ0n) is 16.9. The number of anilines is 1. The van der Waals surface area contributed by atoms with E-state index in [2.05, 4.69) is 20.9 Å². The topological polar surface area (TPSA) is 78.7 Å². The van der Waals surface area contributed by atoms with Gasteiger partial charge in [-0.1, -0.05) is 18.2 Å². The fourth-order valence-corrected chi connectivity index (χ4v) is 2.86. The van der Waals surface area contributed by atoms with Crippen molar-refractivity contribution in [3.05, 3.63) is 65.2 Å². The molecular formula is C21H22F3IN4O2. The Kier molecular flexibility index (Phi) is 8.72. The third kappa shape index (κ3) is 5.90. The number of hydrogen-bond acceptors (Lipinski definition) is 3. The lowest BCUT2D eigenvalue weighted by atomic mass is 10.1. The van der Waals surface area contributed by atoms with Crippen molar-refractivity contribution in [2.45, 2.75) is 20.4 Å². The smallest absolute Gasteiger partial charge is 0.246 e. The van der Waals surface area contributed by atoms with Crippen LogP contribution in [0.3, 0.4) is 0 Å². The molecule has 0 aliphatic heterocycles. The van der Waals surface area contributed by atoms with E-state index in [-0.39, 0.29) is 30.5 Å². The number of furan rings is 1. The molecule has 3 rings (SSSR count). The summed E-state index contributed by atoms with van der Waals surface area (Å²) in [5.74, 6) is -4.04. The summed E-state index contributed by atoms with van der Waals surface area (Å²) in [6.07, 6.45) is 0. The van der Waals surface area contributed by atoms with Gasteiger partial charge in [0.05, 0.1) is 12.2 Å². The van der Waals surface area contributed by atoms with Crippen LogP contribution in [0.4, 0.5) is 18.9 Å². The first-order valence-electron chi connectivity index (χ1n) is 9.33. The van der Waals surface area contributed by atoms with E-state index in [0.717, 1.165) is 34.4 Å². The molecule has 6 nitrogen and oxygen atoms in total. The van der Waals surface area contributed by atoms with Gasteiger partial charge in [-0.15, -0.1) is 24.0 Å². The first-order valence-corrected chi connectivity index (χ1v) is 9.33. The number of carbonyl (C=O) groups excluding carboxylic acids is 1. The largest absolute Gasteiger partial charge is 0.459 e. The quantitative estimate of drug-likeness (QED) is 0.185. The van der Waals surface area contributed by atoms with E-state index < -0.39 is 29.0 Å². The highest BCUT2D eigenvalue weighted by Gasteiger charge is 2.15. The van der Waals surface area contributed by atoms with Gasteiger partial charge in [-0.2, -0.15) is 0 Å². The Bertz CT molecular complexity index is 1100. The monoisotopic (exact) mass is 546 g/mol. The highest BCUT2D eigenvalue weighted by atomic mass is 127. The van der Waals surface area contributed by atoms with Crippen LogP contribution in [-0.2, 0) is 11.3 Å². The molecule has 0 spiro atoms. The molecule has 0 aliphatic rings. The summed E-state index contributed by atoms with van der Waals surface area (Å²) in [7, 11) is 0. The number of aryl methyl sites for hydroxylation is 1. The van der Waals surface area contributed by atoms with Gasteiger partial charge in [-0.3, -0.25) is 4.79 Å². The zero-order chi connectivity index (χ0) is 21.7. The van der Waals surface area contributed by atoms with Crippen LogP contribution in [0.15, 0.2) is 45.8 Å². The van der Waals surface area contributed by atoms with E-state index in [0.29, 0.717) is 19.0 Å². The number of hydrogen-bond donors (Lipinski definition) is 3. The summed E-state index contributed by atoms with van der Waals surface area (Å²) >= 11 is 0. The minimum atomic E-state index is -1.65. The normalized spacial score (nSPS) is 11.2. The van der Waals surface area contributed by atoms with Gasteiger partial charge in [0.1, 0.15) is 17.9 Å². The van der Waals surface area contributed by atoms with Crippen LogP contribution >= 0.6 is 24.0 Å². The van der Waals surface area contributed by atoms with E-state index in [1.165, 1.54) is 0 Å². The van der Waals surface area contributed by atoms with Crippen LogP contribution in [0.1, 0.15) is 18.2 Å². The molecule has 3 aromatic rings.